The topological polar surface area (TPSA) is 38.3 Å². The Balaban J connectivity index is 1.70. The van der Waals surface area contributed by atoms with Gasteiger partial charge in [-0.05, 0) is 29.7 Å². The van der Waals surface area contributed by atoms with Crippen LogP contribution in [0.5, 0.6) is 5.75 Å². The van der Waals surface area contributed by atoms with Gasteiger partial charge in [-0.15, -0.1) is 0 Å². The van der Waals surface area contributed by atoms with Crippen molar-refractivity contribution in [2.24, 2.45) is 0 Å². The van der Waals surface area contributed by atoms with Crippen LogP contribution in [0.25, 0.3) is 10.8 Å². The maximum absolute atomic E-state index is 12.0. The zero-order valence-corrected chi connectivity index (χ0v) is 13.6. The van der Waals surface area contributed by atoms with Gasteiger partial charge in [0.05, 0.1) is 10.7 Å². The second-order valence-corrected chi connectivity index (χ2v) is 5.78. The van der Waals surface area contributed by atoms with E-state index in [4.69, 9.17) is 27.9 Å². The van der Waals surface area contributed by atoms with Gasteiger partial charge in [0.2, 0.25) is 0 Å². The molecule has 0 fully saturated rings. The van der Waals surface area contributed by atoms with Crippen LogP contribution in [0.2, 0.25) is 10.0 Å². The third-order valence-corrected chi connectivity index (χ3v) is 3.88. The maximum Gasteiger partial charge on any atom is 0.262 e. The molecule has 0 saturated carbocycles. The fourth-order valence-corrected chi connectivity index (χ4v) is 2.58. The molecular formula is C18H13Cl2NO2. The molecule has 0 aromatic heterocycles. The monoisotopic (exact) mass is 345 g/mol. The average molecular weight is 346 g/mol. The van der Waals surface area contributed by atoms with E-state index in [1.165, 1.54) is 0 Å². The molecule has 3 aromatic carbocycles. The highest BCUT2D eigenvalue weighted by Gasteiger charge is 2.09. The molecule has 3 rings (SSSR count). The second-order valence-electron chi connectivity index (χ2n) is 4.94. The molecule has 1 amide bonds. The molecule has 0 aliphatic carbocycles. The van der Waals surface area contributed by atoms with Gasteiger partial charge >= 0.3 is 0 Å². The number of amides is 1. The van der Waals surface area contributed by atoms with Gasteiger partial charge in [-0.2, -0.15) is 0 Å². The summed E-state index contributed by atoms with van der Waals surface area (Å²) in [6, 6.07) is 18.4. The molecule has 0 bridgehead atoms. The smallest absolute Gasteiger partial charge is 0.262 e. The first-order valence-corrected chi connectivity index (χ1v) is 7.74. The van der Waals surface area contributed by atoms with Crippen LogP contribution < -0.4 is 10.1 Å². The van der Waals surface area contributed by atoms with E-state index >= 15 is 0 Å². The number of ether oxygens (including phenoxy) is 1. The molecule has 5 heteroatoms. The number of rotatable bonds is 4. The third kappa shape index (κ3) is 3.76. The highest BCUT2D eigenvalue weighted by Crippen LogP contribution is 2.26. The largest absolute Gasteiger partial charge is 0.483 e. The number of nitrogens with one attached hydrogen (secondary N) is 1. The van der Waals surface area contributed by atoms with Crippen LogP contribution in [0.15, 0.2) is 60.7 Å². The van der Waals surface area contributed by atoms with Gasteiger partial charge in [-0.25, -0.2) is 0 Å². The van der Waals surface area contributed by atoms with E-state index in [0.29, 0.717) is 21.5 Å². The molecule has 0 aliphatic rings. The molecule has 0 radical (unpaired) electrons. The Morgan fingerprint density at radius 3 is 2.65 bits per heavy atom. The number of carbonyl (C=O) groups excluding carboxylic acids is 1. The van der Waals surface area contributed by atoms with Crippen LogP contribution in [-0.2, 0) is 4.79 Å². The number of benzene rings is 3. The van der Waals surface area contributed by atoms with Crippen molar-refractivity contribution >= 4 is 45.6 Å². The fourth-order valence-electron chi connectivity index (χ4n) is 2.24. The van der Waals surface area contributed by atoms with Gasteiger partial charge in [0.25, 0.3) is 5.91 Å². The van der Waals surface area contributed by atoms with Gasteiger partial charge in [-0.3, -0.25) is 4.79 Å². The molecule has 0 unspecified atom stereocenters. The molecule has 3 nitrogen and oxygen atoms in total. The molecule has 116 valence electrons. The number of fused-ring (bicyclic) bond motifs is 1. The molecule has 0 atom stereocenters. The van der Waals surface area contributed by atoms with Gasteiger partial charge in [-0.1, -0.05) is 59.6 Å². The van der Waals surface area contributed by atoms with Gasteiger partial charge in [0.1, 0.15) is 5.75 Å². The predicted octanol–water partition coefficient (Wildman–Crippen LogP) is 5.16. The quantitative estimate of drug-likeness (QED) is 0.708. The zero-order valence-electron chi connectivity index (χ0n) is 12.1. The lowest BCUT2D eigenvalue weighted by Crippen LogP contribution is -2.20. The summed E-state index contributed by atoms with van der Waals surface area (Å²) in [4.78, 5) is 12.0. The van der Waals surface area contributed by atoms with Crippen LogP contribution in [-0.4, -0.2) is 12.5 Å². The van der Waals surface area contributed by atoms with Gasteiger partial charge in [0, 0.05) is 10.4 Å². The van der Waals surface area contributed by atoms with E-state index < -0.39 is 0 Å². The number of halogens is 2. The molecule has 23 heavy (non-hydrogen) atoms. The highest BCUT2D eigenvalue weighted by atomic mass is 35.5. The van der Waals surface area contributed by atoms with Crippen molar-refractivity contribution in [1.82, 2.24) is 0 Å². The average Bonchev–Trinajstić information content (AvgIpc) is 2.56. The van der Waals surface area contributed by atoms with Gasteiger partial charge < -0.3 is 10.1 Å². The minimum Gasteiger partial charge on any atom is -0.483 e. The van der Waals surface area contributed by atoms with Crippen molar-refractivity contribution < 1.29 is 9.53 Å². The standard InChI is InChI=1S/C18H13Cl2NO2/c19-13-8-9-15(20)16(10-13)21-18(22)11-23-17-7-3-5-12-4-1-2-6-14(12)17/h1-10H,11H2,(H,21,22). The summed E-state index contributed by atoms with van der Waals surface area (Å²) >= 11 is 11.9. The lowest BCUT2D eigenvalue weighted by Gasteiger charge is -2.11. The van der Waals surface area contributed by atoms with E-state index in [1.54, 1.807) is 18.2 Å². The Bertz CT molecular complexity index is 859. The van der Waals surface area contributed by atoms with Crippen molar-refractivity contribution in [2.45, 2.75) is 0 Å². The molecular weight excluding hydrogens is 333 g/mol. The number of carbonyl (C=O) groups is 1. The highest BCUT2D eigenvalue weighted by molar-refractivity contribution is 6.35. The van der Waals surface area contributed by atoms with Crippen LogP contribution in [0.4, 0.5) is 5.69 Å². The van der Waals surface area contributed by atoms with Crippen LogP contribution in [0.3, 0.4) is 0 Å². The Labute approximate surface area is 143 Å². The lowest BCUT2D eigenvalue weighted by atomic mass is 10.1. The number of hydrogen-bond acceptors (Lipinski definition) is 2. The Morgan fingerprint density at radius 1 is 1.00 bits per heavy atom. The predicted molar refractivity (Wildman–Crippen MR) is 94.5 cm³/mol. The minimum absolute atomic E-state index is 0.114. The lowest BCUT2D eigenvalue weighted by molar-refractivity contribution is -0.118. The van der Waals surface area contributed by atoms with E-state index in [2.05, 4.69) is 5.32 Å². The summed E-state index contributed by atoms with van der Waals surface area (Å²) in [6.07, 6.45) is 0. The van der Waals surface area contributed by atoms with Crippen LogP contribution in [0.1, 0.15) is 0 Å². The molecule has 0 spiro atoms. The zero-order chi connectivity index (χ0) is 16.2. The summed E-state index contributed by atoms with van der Waals surface area (Å²) < 4.78 is 5.64. The van der Waals surface area contributed by atoms with Crippen molar-refractivity contribution in [3.8, 4) is 5.75 Å². The summed E-state index contributed by atoms with van der Waals surface area (Å²) in [5, 5.41) is 5.63. The van der Waals surface area contributed by atoms with Crippen molar-refractivity contribution in [2.75, 3.05) is 11.9 Å². The fraction of sp³-hybridized carbons (Fsp3) is 0.0556. The first kappa shape index (κ1) is 15.7. The van der Waals surface area contributed by atoms with E-state index in [9.17, 15) is 4.79 Å². The summed E-state index contributed by atoms with van der Waals surface area (Å²) in [7, 11) is 0. The first-order valence-electron chi connectivity index (χ1n) is 6.99. The van der Waals surface area contributed by atoms with Crippen molar-refractivity contribution in [3.05, 3.63) is 70.7 Å². The molecule has 0 heterocycles. The third-order valence-electron chi connectivity index (χ3n) is 3.31. The van der Waals surface area contributed by atoms with Crippen molar-refractivity contribution in [3.63, 3.8) is 0 Å². The SMILES string of the molecule is O=C(COc1cccc2ccccc12)Nc1cc(Cl)ccc1Cl. The molecule has 3 aromatic rings. The van der Waals surface area contributed by atoms with Crippen LogP contribution in [0, 0.1) is 0 Å². The summed E-state index contributed by atoms with van der Waals surface area (Å²) in [6.45, 7) is -0.114. The first-order chi connectivity index (χ1) is 11.1. The van der Waals surface area contributed by atoms with E-state index in [0.717, 1.165) is 10.8 Å². The Morgan fingerprint density at radius 2 is 1.78 bits per heavy atom. The van der Waals surface area contributed by atoms with Gasteiger partial charge in [0.15, 0.2) is 6.61 Å². The number of anilines is 1. The maximum atomic E-state index is 12.0. The minimum atomic E-state index is -0.304. The second kappa shape index (κ2) is 6.90. The Kier molecular flexibility index (Phi) is 4.70. The van der Waals surface area contributed by atoms with Crippen LogP contribution >= 0.6 is 23.2 Å². The van der Waals surface area contributed by atoms with Crippen molar-refractivity contribution in [1.29, 1.82) is 0 Å². The molecule has 1 N–H and O–H groups in total. The molecule has 0 aliphatic heterocycles. The summed E-state index contributed by atoms with van der Waals surface area (Å²) in [5.74, 6) is 0.359. The normalized spacial score (nSPS) is 10.5. The number of hydrogen-bond donors (Lipinski definition) is 1. The Hall–Kier alpha value is -2.23. The van der Waals surface area contributed by atoms with E-state index in [1.807, 2.05) is 42.5 Å². The van der Waals surface area contributed by atoms with E-state index in [-0.39, 0.29) is 12.5 Å². The molecule has 0 saturated heterocycles. The summed E-state index contributed by atoms with van der Waals surface area (Å²) in [5.41, 5.74) is 0.464.